The van der Waals surface area contributed by atoms with Crippen LogP contribution in [0, 0.1) is 5.82 Å². The molecule has 0 saturated heterocycles. The van der Waals surface area contributed by atoms with E-state index in [0.29, 0.717) is 26.5 Å². The van der Waals surface area contributed by atoms with E-state index in [0.717, 1.165) is 5.56 Å². The molecule has 1 heterocycles. The second-order valence-corrected chi connectivity index (χ2v) is 7.42. The molecule has 0 radical (unpaired) electrons. The van der Waals surface area contributed by atoms with E-state index in [1.165, 1.54) is 23.5 Å². The number of carbonyl (C=O) groups is 1. The Morgan fingerprint density at radius 3 is 2.64 bits per heavy atom. The van der Waals surface area contributed by atoms with Crippen LogP contribution in [-0.2, 0) is 0 Å². The van der Waals surface area contributed by atoms with E-state index < -0.39 is 0 Å². The van der Waals surface area contributed by atoms with Crippen molar-refractivity contribution in [2.24, 2.45) is 0 Å². The van der Waals surface area contributed by atoms with Crippen LogP contribution in [0.15, 0.2) is 48.5 Å². The van der Waals surface area contributed by atoms with Gasteiger partial charge in [0, 0.05) is 16.6 Å². The highest BCUT2D eigenvalue weighted by atomic mass is 35.5. The monoisotopic (exact) mass is 376 g/mol. The van der Waals surface area contributed by atoms with Gasteiger partial charge in [-0.05, 0) is 37.9 Å². The van der Waals surface area contributed by atoms with Crippen molar-refractivity contribution in [3.05, 3.63) is 69.8 Å². The second kappa shape index (κ2) is 7.52. The number of carbonyl (C=O) groups excluding carboxylic acids is 1. The molecule has 1 amide bonds. The fourth-order valence-corrected chi connectivity index (χ4v) is 4.19. The minimum atomic E-state index is -0.339. The molecule has 0 saturated carbocycles. The summed E-state index contributed by atoms with van der Waals surface area (Å²) in [5.41, 5.74) is 1.12. The van der Waals surface area contributed by atoms with E-state index in [1.54, 1.807) is 6.07 Å². The van der Waals surface area contributed by atoms with Gasteiger partial charge in [0.1, 0.15) is 10.7 Å². The van der Waals surface area contributed by atoms with Gasteiger partial charge in [-0.25, -0.2) is 4.39 Å². The lowest BCUT2D eigenvalue weighted by molar-refractivity contribution is 0.0946. The minimum Gasteiger partial charge on any atom is -0.349 e. The molecule has 0 fully saturated rings. The zero-order chi connectivity index (χ0) is 18.0. The number of thiophene rings is 1. The second-order valence-electron chi connectivity index (χ2n) is 5.99. The zero-order valence-corrected chi connectivity index (χ0v) is 15.5. The van der Waals surface area contributed by atoms with Gasteiger partial charge in [0.05, 0.1) is 11.1 Å². The molecule has 0 aliphatic heterocycles. The average Bonchev–Trinajstić information content (AvgIpc) is 2.91. The fraction of sp³-hybridized carbons (Fsp3) is 0.211. The third-order valence-electron chi connectivity index (χ3n) is 4.06. The lowest BCUT2D eigenvalue weighted by Crippen LogP contribution is -2.34. The summed E-state index contributed by atoms with van der Waals surface area (Å²) >= 11 is 7.52. The molecule has 2 aromatic carbocycles. The standard InChI is InChI=1S/C19H18ClFN2OS/c1-23(2)15(12-6-4-3-5-7-12)11-22-19(24)18-17(20)14-9-8-13(21)10-16(14)25-18/h3-10,15H,11H2,1-2H3,(H,22,24). The molecule has 25 heavy (non-hydrogen) atoms. The summed E-state index contributed by atoms with van der Waals surface area (Å²) < 4.78 is 14.0. The summed E-state index contributed by atoms with van der Waals surface area (Å²) in [4.78, 5) is 15.0. The molecule has 0 bridgehead atoms. The predicted molar refractivity (Wildman–Crippen MR) is 102 cm³/mol. The summed E-state index contributed by atoms with van der Waals surface area (Å²) in [6.45, 7) is 0.453. The van der Waals surface area contributed by atoms with Crippen LogP contribution in [0.2, 0.25) is 5.02 Å². The van der Waals surface area contributed by atoms with Crippen molar-refractivity contribution in [3.63, 3.8) is 0 Å². The fourth-order valence-electron chi connectivity index (χ4n) is 2.73. The van der Waals surface area contributed by atoms with Crippen molar-refractivity contribution in [2.45, 2.75) is 6.04 Å². The van der Waals surface area contributed by atoms with Crippen LogP contribution in [0.25, 0.3) is 10.1 Å². The maximum absolute atomic E-state index is 13.4. The Kier molecular flexibility index (Phi) is 5.37. The van der Waals surface area contributed by atoms with E-state index in [9.17, 15) is 9.18 Å². The molecule has 3 nitrogen and oxygen atoms in total. The quantitative estimate of drug-likeness (QED) is 0.698. The number of benzene rings is 2. The summed E-state index contributed by atoms with van der Waals surface area (Å²) in [5, 5.41) is 4.02. The van der Waals surface area contributed by atoms with Gasteiger partial charge in [-0.1, -0.05) is 41.9 Å². The van der Waals surface area contributed by atoms with Crippen LogP contribution in [-0.4, -0.2) is 31.4 Å². The molecule has 1 aromatic heterocycles. The Morgan fingerprint density at radius 2 is 1.96 bits per heavy atom. The molecular weight excluding hydrogens is 359 g/mol. The van der Waals surface area contributed by atoms with Crippen LogP contribution in [0.5, 0.6) is 0 Å². The van der Waals surface area contributed by atoms with Gasteiger partial charge < -0.3 is 10.2 Å². The van der Waals surface area contributed by atoms with E-state index in [1.807, 2.05) is 44.4 Å². The highest BCUT2D eigenvalue weighted by Gasteiger charge is 2.20. The lowest BCUT2D eigenvalue weighted by Gasteiger charge is -2.25. The summed E-state index contributed by atoms with van der Waals surface area (Å²) in [5.74, 6) is -0.580. The third-order valence-corrected chi connectivity index (χ3v) is 5.72. The van der Waals surface area contributed by atoms with Crippen molar-refractivity contribution in [1.82, 2.24) is 10.2 Å². The molecule has 1 atom stereocenters. The first-order chi connectivity index (χ1) is 12.0. The predicted octanol–water partition coefficient (Wildman–Crippen LogP) is 4.73. The van der Waals surface area contributed by atoms with Gasteiger partial charge in [0.2, 0.25) is 0 Å². The maximum atomic E-state index is 13.4. The first-order valence-corrected chi connectivity index (χ1v) is 9.04. The first kappa shape index (κ1) is 17.9. The summed E-state index contributed by atoms with van der Waals surface area (Å²) in [7, 11) is 3.94. The Labute approximate surface area is 155 Å². The number of nitrogens with zero attached hydrogens (tertiary/aromatic N) is 1. The van der Waals surface area contributed by atoms with Crippen LogP contribution in [0.1, 0.15) is 21.3 Å². The van der Waals surface area contributed by atoms with Crippen molar-refractivity contribution in [2.75, 3.05) is 20.6 Å². The molecule has 3 rings (SSSR count). The normalized spacial score (nSPS) is 12.5. The number of fused-ring (bicyclic) bond motifs is 1. The van der Waals surface area contributed by atoms with E-state index in [2.05, 4.69) is 10.2 Å². The Morgan fingerprint density at radius 1 is 1.24 bits per heavy atom. The minimum absolute atomic E-state index is 0.0516. The molecule has 3 aromatic rings. The molecule has 1 unspecified atom stereocenters. The number of hydrogen-bond acceptors (Lipinski definition) is 3. The third kappa shape index (κ3) is 3.84. The van der Waals surface area contributed by atoms with E-state index >= 15 is 0 Å². The number of nitrogens with one attached hydrogen (secondary N) is 1. The van der Waals surface area contributed by atoms with Crippen LogP contribution in [0.4, 0.5) is 4.39 Å². The van der Waals surface area contributed by atoms with Gasteiger partial charge in [0.25, 0.3) is 5.91 Å². The SMILES string of the molecule is CN(C)C(CNC(=O)c1sc2cc(F)ccc2c1Cl)c1ccccc1. The molecular formula is C19H18ClFN2OS. The van der Waals surface area contributed by atoms with Crippen molar-refractivity contribution in [1.29, 1.82) is 0 Å². The Balaban J connectivity index is 1.79. The summed E-state index contributed by atoms with van der Waals surface area (Å²) in [6.07, 6.45) is 0. The molecule has 130 valence electrons. The smallest absolute Gasteiger partial charge is 0.262 e. The van der Waals surface area contributed by atoms with Gasteiger partial charge in [-0.15, -0.1) is 11.3 Å². The van der Waals surface area contributed by atoms with Crippen molar-refractivity contribution in [3.8, 4) is 0 Å². The number of halogens is 2. The Bertz CT molecular complexity index is 895. The molecule has 0 aliphatic carbocycles. The van der Waals surface area contributed by atoms with Crippen LogP contribution >= 0.6 is 22.9 Å². The van der Waals surface area contributed by atoms with E-state index in [-0.39, 0.29) is 17.8 Å². The van der Waals surface area contributed by atoms with Crippen molar-refractivity contribution < 1.29 is 9.18 Å². The highest BCUT2D eigenvalue weighted by Crippen LogP contribution is 2.35. The van der Waals surface area contributed by atoms with Crippen LogP contribution in [0.3, 0.4) is 0 Å². The van der Waals surface area contributed by atoms with Crippen LogP contribution < -0.4 is 5.32 Å². The molecule has 0 spiro atoms. The zero-order valence-electron chi connectivity index (χ0n) is 13.9. The number of amides is 1. The van der Waals surface area contributed by atoms with Gasteiger partial charge in [-0.3, -0.25) is 4.79 Å². The van der Waals surface area contributed by atoms with Gasteiger partial charge >= 0.3 is 0 Å². The van der Waals surface area contributed by atoms with E-state index in [4.69, 9.17) is 11.6 Å². The first-order valence-electron chi connectivity index (χ1n) is 7.84. The number of hydrogen-bond donors (Lipinski definition) is 1. The average molecular weight is 377 g/mol. The highest BCUT2D eigenvalue weighted by molar-refractivity contribution is 7.21. The number of likely N-dealkylation sites (N-methyl/N-ethyl adjacent to an activating group) is 1. The van der Waals surface area contributed by atoms with Crippen molar-refractivity contribution >= 4 is 38.9 Å². The largest absolute Gasteiger partial charge is 0.349 e. The molecule has 6 heteroatoms. The topological polar surface area (TPSA) is 32.3 Å². The summed E-state index contributed by atoms with van der Waals surface area (Å²) in [6, 6.07) is 14.4. The van der Waals surface area contributed by atoms with Gasteiger partial charge in [0.15, 0.2) is 0 Å². The maximum Gasteiger partial charge on any atom is 0.262 e. The Hall–Kier alpha value is -1.95. The molecule has 1 N–H and O–H groups in total. The molecule has 0 aliphatic rings. The number of rotatable bonds is 5. The lowest BCUT2D eigenvalue weighted by atomic mass is 10.1. The van der Waals surface area contributed by atoms with Gasteiger partial charge in [-0.2, -0.15) is 0 Å².